The van der Waals surface area contributed by atoms with E-state index in [9.17, 15) is 9.59 Å². The zero-order chi connectivity index (χ0) is 17.5. The Morgan fingerprint density at radius 2 is 1.96 bits per heavy atom. The number of rotatable bonds is 4. The van der Waals surface area contributed by atoms with Crippen LogP contribution in [0.5, 0.6) is 0 Å². The molecule has 1 aromatic rings. The van der Waals surface area contributed by atoms with Crippen molar-refractivity contribution in [2.45, 2.75) is 27.7 Å². The van der Waals surface area contributed by atoms with Crippen molar-refractivity contribution < 1.29 is 9.59 Å². The van der Waals surface area contributed by atoms with Gasteiger partial charge in [0, 0.05) is 24.5 Å². The Morgan fingerprint density at radius 3 is 2.50 bits per heavy atom. The Bertz CT molecular complexity index is 687. The molecule has 2 fully saturated rings. The Labute approximate surface area is 143 Å². The predicted octanol–water partition coefficient (Wildman–Crippen LogP) is 3.39. The fourth-order valence-corrected chi connectivity index (χ4v) is 3.51. The highest BCUT2D eigenvalue weighted by molar-refractivity contribution is 5.97. The summed E-state index contributed by atoms with van der Waals surface area (Å²) < 4.78 is 0. The molecule has 128 valence electrons. The Kier molecular flexibility index (Phi) is 4.11. The number of hydrogen-bond donors (Lipinski definition) is 2. The second-order valence-corrected chi connectivity index (χ2v) is 7.49. The van der Waals surface area contributed by atoms with Crippen LogP contribution < -0.4 is 15.5 Å². The molecular weight excluding hydrogens is 302 g/mol. The highest BCUT2D eigenvalue weighted by Gasteiger charge is 2.60. The first-order valence-electron chi connectivity index (χ1n) is 8.42. The molecule has 3 amide bonds. The summed E-state index contributed by atoms with van der Waals surface area (Å²) in [5.74, 6) is 0.376. The maximum absolute atomic E-state index is 12.6. The van der Waals surface area contributed by atoms with Crippen LogP contribution in [0.15, 0.2) is 35.9 Å². The summed E-state index contributed by atoms with van der Waals surface area (Å²) in [7, 11) is 0. The zero-order valence-electron chi connectivity index (χ0n) is 14.7. The fraction of sp³-hybridized carbons (Fsp3) is 0.474. The van der Waals surface area contributed by atoms with E-state index in [1.807, 2.05) is 24.3 Å². The smallest absolute Gasteiger partial charge is 0.321 e. The molecule has 1 saturated heterocycles. The molecule has 0 unspecified atom stereocenters. The standard InChI is InChI=1S/C19H25N3O2/c1-12(2)11-15-16(19(15,3)4)17(23)21-13-5-7-14(8-6-13)22-10-9-20-18(22)24/h5-8,11,15-16H,9-10H2,1-4H3,(H,20,24)(H,21,23)/t15-,16-/m0/s1. The number of amides is 3. The van der Waals surface area contributed by atoms with Gasteiger partial charge in [0.25, 0.3) is 0 Å². The lowest BCUT2D eigenvalue weighted by Crippen LogP contribution is -2.27. The van der Waals surface area contributed by atoms with Crippen LogP contribution in [-0.2, 0) is 4.79 Å². The van der Waals surface area contributed by atoms with Crippen LogP contribution in [0, 0.1) is 17.3 Å². The molecular formula is C19H25N3O2. The minimum absolute atomic E-state index is 0.00886. The molecule has 5 nitrogen and oxygen atoms in total. The van der Waals surface area contributed by atoms with Crippen LogP contribution in [0.2, 0.25) is 0 Å². The Balaban J connectivity index is 1.65. The summed E-state index contributed by atoms with van der Waals surface area (Å²) in [5.41, 5.74) is 2.87. The van der Waals surface area contributed by atoms with E-state index in [4.69, 9.17) is 0 Å². The first kappa shape index (κ1) is 16.6. The number of allylic oxidation sites excluding steroid dienone is 2. The van der Waals surface area contributed by atoms with Crippen LogP contribution in [0.4, 0.5) is 16.2 Å². The van der Waals surface area contributed by atoms with Gasteiger partial charge in [0.1, 0.15) is 0 Å². The topological polar surface area (TPSA) is 61.4 Å². The van der Waals surface area contributed by atoms with E-state index < -0.39 is 0 Å². The van der Waals surface area contributed by atoms with Gasteiger partial charge in [-0.2, -0.15) is 0 Å². The Hall–Kier alpha value is -2.30. The minimum Gasteiger partial charge on any atom is -0.336 e. The number of anilines is 2. The second-order valence-electron chi connectivity index (χ2n) is 7.49. The molecule has 5 heteroatoms. The van der Waals surface area contributed by atoms with Gasteiger partial charge >= 0.3 is 6.03 Å². The van der Waals surface area contributed by atoms with Crippen molar-refractivity contribution in [3.63, 3.8) is 0 Å². The van der Waals surface area contributed by atoms with Crippen LogP contribution in [0.3, 0.4) is 0 Å². The van der Waals surface area contributed by atoms with Gasteiger partial charge in [0.2, 0.25) is 5.91 Å². The molecule has 1 heterocycles. The monoisotopic (exact) mass is 327 g/mol. The number of carbonyl (C=O) groups is 2. The van der Waals surface area contributed by atoms with E-state index in [-0.39, 0.29) is 23.3 Å². The van der Waals surface area contributed by atoms with E-state index >= 15 is 0 Å². The SMILES string of the molecule is CC(C)=C[C@H]1[C@@H](C(=O)Nc2ccc(N3CCNC3=O)cc2)C1(C)C. The van der Waals surface area contributed by atoms with Crippen LogP contribution in [-0.4, -0.2) is 25.0 Å². The van der Waals surface area contributed by atoms with Gasteiger partial charge in [-0.1, -0.05) is 25.5 Å². The maximum Gasteiger partial charge on any atom is 0.321 e. The molecule has 0 radical (unpaired) electrons. The molecule has 2 atom stereocenters. The highest BCUT2D eigenvalue weighted by atomic mass is 16.2. The van der Waals surface area contributed by atoms with E-state index in [1.54, 1.807) is 4.90 Å². The van der Waals surface area contributed by atoms with Gasteiger partial charge in [-0.05, 0) is 49.4 Å². The molecule has 2 aliphatic rings. The van der Waals surface area contributed by atoms with E-state index in [0.717, 1.165) is 11.4 Å². The number of hydrogen-bond acceptors (Lipinski definition) is 2. The van der Waals surface area contributed by atoms with Crippen LogP contribution in [0.25, 0.3) is 0 Å². The van der Waals surface area contributed by atoms with Crippen molar-refractivity contribution in [2.75, 3.05) is 23.3 Å². The summed E-state index contributed by atoms with van der Waals surface area (Å²) in [6, 6.07) is 7.36. The first-order valence-corrected chi connectivity index (χ1v) is 8.42. The van der Waals surface area contributed by atoms with Crippen molar-refractivity contribution in [1.82, 2.24) is 5.32 Å². The lowest BCUT2D eigenvalue weighted by Gasteiger charge is -2.14. The van der Waals surface area contributed by atoms with Crippen LogP contribution in [0.1, 0.15) is 27.7 Å². The fourth-order valence-electron chi connectivity index (χ4n) is 3.51. The third-order valence-electron chi connectivity index (χ3n) is 5.01. The quantitative estimate of drug-likeness (QED) is 0.833. The molecule has 3 rings (SSSR count). The summed E-state index contributed by atoms with van der Waals surface area (Å²) in [4.78, 5) is 25.9. The summed E-state index contributed by atoms with van der Waals surface area (Å²) in [5, 5.41) is 5.78. The predicted molar refractivity (Wildman–Crippen MR) is 96.0 cm³/mol. The lowest BCUT2D eigenvalue weighted by molar-refractivity contribution is -0.118. The molecule has 24 heavy (non-hydrogen) atoms. The summed E-state index contributed by atoms with van der Waals surface area (Å²) in [6.45, 7) is 9.74. The van der Waals surface area contributed by atoms with Crippen molar-refractivity contribution >= 4 is 23.3 Å². The molecule has 0 bridgehead atoms. The van der Waals surface area contributed by atoms with Crippen molar-refractivity contribution in [3.05, 3.63) is 35.9 Å². The molecule has 1 aromatic carbocycles. The normalized spacial score (nSPS) is 24.3. The number of nitrogens with zero attached hydrogens (tertiary/aromatic N) is 1. The zero-order valence-corrected chi connectivity index (χ0v) is 14.7. The third kappa shape index (κ3) is 3.03. The van der Waals surface area contributed by atoms with E-state index in [0.29, 0.717) is 19.0 Å². The van der Waals surface area contributed by atoms with Crippen molar-refractivity contribution in [1.29, 1.82) is 0 Å². The van der Waals surface area contributed by atoms with Crippen molar-refractivity contribution in [2.24, 2.45) is 17.3 Å². The van der Waals surface area contributed by atoms with Crippen molar-refractivity contribution in [3.8, 4) is 0 Å². The van der Waals surface area contributed by atoms with Gasteiger partial charge in [-0.3, -0.25) is 9.69 Å². The molecule has 1 saturated carbocycles. The minimum atomic E-state index is -0.0731. The molecule has 2 N–H and O–H groups in total. The second kappa shape index (κ2) is 5.96. The van der Waals surface area contributed by atoms with Crippen LogP contribution >= 0.6 is 0 Å². The first-order chi connectivity index (χ1) is 11.3. The molecule has 0 spiro atoms. The van der Waals surface area contributed by atoms with E-state index in [1.165, 1.54) is 5.57 Å². The maximum atomic E-state index is 12.6. The van der Waals surface area contributed by atoms with Gasteiger partial charge in [-0.15, -0.1) is 0 Å². The van der Waals surface area contributed by atoms with E-state index in [2.05, 4.69) is 44.4 Å². The van der Waals surface area contributed by atoms with Gasteiger partial charge in [0.15, 0.2) is 0 Å². The number of nitrogens with one attached hydrogen (secondary N) is 2. The average molecular weight is 327 g/mol. The number of urea groups is 1. The number of carbonyl (C=O) groups excluding carboxylic acids is 2. The summed E-state index contributed by atoms with van der Waals surface area (Å²) >= 11 is 0. The highest BCUT2D eigenvalue weighted by Crippen LogP contribution is 2.59. The molecule has 1 aliphatic heterocycles. The Morgan fingerprint density at radius 1 is 1.29 bits per heavy atom. The summed E-state index contributed by atoms with van der Waals surface area (Å²) in [6.07, 6.45) is 2.19. The third-order valence-corrected chi connectivity index (χ3v) is 5.01. The van der Waals surface area contributed by atoms with Gasteiger partial charge in [0.05, 0.1) is 5.92 Å². The lowest BCUT2D eigenvalue weighted by atomic mass is 10.1. The van der Waals surface area contributed by atoms with Gasteiger partial charge in [-0.25, -0.2) is 4.79 Å². The van der Waals surface area contributed by atoms with Gasteiger partial charge < -0.3 is 10.6 Å². The average Bonchev–Trinajstić information content (AvgIpc) is 2.82. The largest absolute Gasteiger partial charge is 0.336 e. The molecule has 0 aromatic heterocycles. The molecule has 1 aliphatic carbocycles. The number of benzene rings is 1.